The van der Waals surface area contributed by atoms with Gasteiger partial charge in [0.05, 0.1) is 12.0 Å². The Morgan fingerprint density at radius 2 is 1.55 bits per heavy atom. The van der Waals surface area contributed by atoms with Gasteiger partial charge in [0.15, 0.2) is 0 Å². The molecule has 0 atom stereocenters. The van der Waals surface area contributed by atoms with Gasteiger partial charge in [0.1, 0.15) is 17.0 Å². The molecule has 0 radical (unpaired) electrons. The molecule has 29 heavy (non-hydrogen) atoms. The van der Waals surface area contributed by atoms with E-state index in [1.807, 2.05) is 19.1 Å². The molecule has 0 spiro atoms. The third kappa shape index (κ3) is 2.59. The van der Waals surface area contributed by atoms with Gasteiger partial charge >= 0.3 is 11.9 Å². The minimum absolute atomic E-state index is 0.0878. The molecule has 1 aliphatic rings. The topological polar surface area (TPSA) is 38.8 Å². The van der Waals surface area contributed by atoms with Gasteiger partial charge in [-0.2, -0.15) is 0 Å². The van der Waals surface area contributed by atoms with Crippen molar-refractivity contribution in [2.24, 2.45) is 0 Å². The molecule has 5 rings (SSSR count). The monoisotopic (exact) mass is 387 g/mol. The summed E-state index contributed by atoms with van der Waals surface area (Å²) in [6, 6.07) is 12.7. The average molecular weight is 387 g/mol. The summed E-state index contributed by atoms with van der Waals surface area (Å²) < 4.78 is 17.7. The summed E-state index contributed by atoms with van der Waals surface area (Å²) in [4.78, 5) is 2.22. The summed E-state index contributed by atoms with van der Waals surface area (Å²) in [7, 11) is 0. The Morgan fingerprint density at radius 1 is 0.828 bits per heavy atom. The second-order valence-corrected chi connectivity index (χ2v) is 8.93. The van der Waals surface area contributed by atoms with E-state index in [0.29, 0.717) is 11.9 Å². The van der Waals surface area contributed by atoms with Gasteiger partial charge < -0.3 is 13.6 Å². The van der Waals surface area contributed by atoms with E-state index in [4.69, 9.17) is 13.6 Å². The number of nitrogens with zero attached hydrogens (tertiary/aromatic N) is 1. The van der Waals surface area contributed by atoms with Gasteiger partial charge in [0.2, 0.25) is 0 Å². The Balaban J connectivity index is 1.82. The number of hydrogen-bond donors (Lipinski definition) is 0. The van der Waals surface area contributed by atoms with Crippen LogP contribution >= 0.6 is 0 Å². The van der Waals surface area contributed by atoms with Crippen LogP contribution in [0.5, 0.6) is 11.9 Å². The van der Waals surface area contributed by atoms with Crippen molar-refractivity contribution in [2.75, 3.05) is 4.90 Å². The molecule has 4 aromatic rings. The number of aryl methyl sites for hydroxylation is 3. The van der Waals surface area contributed by atoms with E-state index in [9.17, 15) is 0 Å². The molecule has 0 aliphatic carbocycles. The Labute approximate surface area is 170 Å². The van der Waals surface area contributed by atoms with E-state index >= 15 is 0 Å². The van der Waals surface area contributed by atoms with Crippen LogP contribution in [0.2, 0.25) is 0 Å². The number of rotatable bonds is 1. The van der Waals surface area contributed by atoms with E-state index in [2.05, 4.69) is 63.8 Å². The van der Waals surface area contributed by atoms with Crippen molar-refractivity contribution in [3.05, 3.63) is 64.9 Å². The molecule has 0 fully saturated rings. The lowest BCUT2D eigenvalue weighted by Gasteiger charge is -2.31. The molecule has 0 bridgehead atoms. The smallest absolute Gasteiger partial charge is 0.318 e. The zero-order valence-electron chi connectivity index (χ0n) is 17.7. The second-order valence-electron chi connectivity index (χ2n) is 8.93. The quantitative estimate of drug-likeness (QED) is 0.294. The SMILES string of the molecule is Cc1cc(C(C)(C)C)cc(C)c1N1c2ccoc2Oc2oc3c(C)cccc3c21. The lowest BCUT2D eigenvalue weighted by Crippen LogP contribution is -2.18. The fourth-order valence-electron chi connectivity index (χ4n) is 4.22. The largest absolute Gasteiger partial charge is 0.432 e. The summed E-state index contributed by atoms with van der Waals surface area (Å²) in [5.74, 6) is 0.920. The van der Waals surface area contributed by atoms with Gasteiger partial charge in [-0.1, -0.05) is 45.0 Å². The zero-order valence-corrected chi connectivity index (χ0v) is 17.7. The van der Waals surface area contributed by atoms with Crippen LogP contribution in [0.15, 0.2) is 51.5 Å². The molecule has 148 valence electrons. The predicted molar refractivity (Wildman–Crippen MR) is 116 cm³/mol. The maximum absolute atomic E-state index is 6.13. The van der Waals surface area contributed by atoms with E-state index in [-0.39, 0.29) is 5.41 Å². The normalized spacial score (nSPS) is 13.4. The molecule has 0 unspecified atom stereocenters. The first-order valence-electron chi connectivity index (χ1n) is 9.95. The number of anilines is 3. The van der Waals surface area contributed by atoms with Crippen LogP contribution in [-0.4, -0.2) is 0 Å². The Kier molecular flexibility index (Phi) is 3.66. The molecule has 4 heteroatoms. The maximum atomic E-state index is 6.13. The highest BCUT2D eigenvalue weighted by Crippen LogP contribution is 2.56. The third-order valence-corrected chi connectivity index (χ3v) is 5.70. The number of furan rings is 2. The van der Waals surface area contributed by atoms with Crippen LogP contribution in [0.4, 0.5) is 17.1 Å². The average Bonchev–Trinajstić information content (AvgIpc) is 3.24. The van der Waals surface area contributed by atoms with Crippen molar-refractivity contribution in [1.82, 2.24) is 0 Å². The zero-order chi connectivity index (χ0) is 20.5. The summed E-state index contributed by atoms with van der Waals surface area (Å²) in [5.41, 5.74) is 8.68. The first kappa shape index (κ1) is 17.9. The van der Waals surface area contributed by atoms with Gasteiger partial charge in [-0.3, -0.25) is 4.90 Å². The standard InChI is InChI=1S/C25H25NO3/c1-14-8-7-9-18-21-24(28-22(14)18)29-23-19(10-11-27-23)26(21)20-15(2)12-17(13-16(20)3)25(4,5)6/h7-13H,1-6H3. The van der Waals surface area contributed by atoms with Gasteiger partial charge in [0, 0.05) is 11.5 Å². The summed E-state index contributed by atoms with van der Waals surface area (Å²) in [6.07, 6.45) is 1.66. The maximum Gasteiger partial charge on any atom is 0.318 e. The van der Waals surface area contributed by atoms with Crippen molar-refractivity contribution < 1.29 is 13.6 Å². The lowest BCUT2D eigenvalue weighted by atomic mass is 9.84. The fraction of sp³-hybridized carbons (Fsp3) is 0.280. The molecule has 2 aromatic heterocycles. The Bertz CT molecular complexity index is 1230. The van der Waals surface area contributed by atoms with E-state index < -0.39 is 0 Å². The number of benzene rings is 2. The highest BCUT2D eigenvalue weighted by atomic mass is 16.7. The van der Waals surface area contributed by atoms with E-state index in [1.54, 1.807) is 6.26 Å². The van der Waals surface area contributed by atoms with Gasteiger partial charge in [-0.05, 0) is 54.5 Å². The van der Waals surface area contributed by atoms with Crippen molar-refractivity contribution in [1.29, 1.82) is 0 Å². The molecule has 0 amide bonds. The minimum atomic E-state index is 0.0878. The van der Waals surface area contributed by atoms with Crippen molar-refractivity contribution in [3.8, 4) is 11.9 Å². The molecule has 4 nitrogen and oxygen atoms in total. The van der Waals surface area contributed by atoms with Crippen LogP contribution in [0.3, 0.4) is 0 Å². The third-order valence-electron chi connectivity index (χ3n) is 5.70. The molecule has 1 aliphatic heterocycles. The summed E-state index contributed by atoms with van der Waals surface area (Å²) in [5, 5.41) is 1.03. The summed E-state index contributed by atoms with van der Waals surface area (Å²) >= 11 is 0. The predicted octanol–water partition coefficient (Wildman–Crippen LogP) is 7.82. The number of para-hydroxylation sites is 1. The van der Waals surface area contributed by atoms with Crippen molar-refractivity contribution >= 4 is 28.0 Å². The highest BCUT2D eigenvalue weighted by Gasteiger charge is 2.35. The van der Waals surface area contributed by atoms with E-state index in [1.165, 1.54) is 16.7 Å². The van der Waals surface area contributed by atoms with E-state index in [0.717, 1.165) is 33.6 Å². The van der Waals surface area contributed by atoms with Gasteiger partial charge in [-0.25, -0.2) is 0 Å². The number of ether oxygens (including phenoxy) is 1. The van der Waals surface area contributed by atoms with Crippen LogP contribution in [0.1, 0.15) is 43.0 Å². The van der Waals surface area contributed by atoms with Crippen molar-refractivity contribution in [2.45, 2.75) is 47.0 Å². The second kappa shape index (κ2) is 5.93. The molecule has 0 N–H and O–H groups in total. The number of hydrogen-bond acceptors (Lipinski definition) is 4. The Morgan fingerprint density at radius 3 is 2.24 bits per heavy atom. The molecule has 0 saturated carbocycles. The molecule has 2 aromatic carbocycles. The fourth-order valence-corrected chi connectivity index (χ4v) is 4.22. The van der Waals surface area contributed by atoms with Gasteiger partial charge in [-0.15, -0.1) is 0 Å². The van der Waals surface area contributed by atoms with Crippen LogP contribution < -0.4 is 9.64 Å². The summed E-state index contributed by atoms with van der Waals surface area (Å²) in [6.45, 7) is 13.1. The Hall–Kier alpha value is -3.14. The molecule has 0 saturated heterocycles. The van der Waals surface area contributed by atoms with Gasteiger partial charge in [0.25, 0.3) is 0 Å². The minimum Gasteiger partial charge on any atom is -0.432 e. The van der Waals surface area contributed by atoms with Crippen LogP contribution in [0, 0.1) is 20.8 Å². The van der Waals surface area contributed by atoms with Crippen molar-refractivity contribution in [3.63, 3.8) is 0 Å². The molecule has 3 heterocycles. The lowest BCUT2D eigenvalue weighted by molar-refractivity contribution is 0.284. The first-order chi connectivity index (χ1) is 13.8. The van der Waals surface area contributed by atoms with Crippen LogP contribution in [-0.2, 0) is 5.41 Å². The first-order valence-corrected chi connectivity index (χ1v) is 9.95. The highest BCUT2D eigenvalue weighted by molar-refractivity contribution is 6.03. The number of fused-ring (bicyclic) bond motifs is 4. The van der Waals surface area contributed by atoms with Crippen LogP contribution in [0.25, 0.3) is 11.0 Å². The molecular formula is C25H25NO3. The molecular weight excluding hydrogens is 362 g/mol.